The summed E-state index contributed by atoms with van der Waals surface area (Å²) in [5.74, 6) is 1.01. The van der Waals surface area contributed by atoms with E-state index in [1.807, 2.05) is 6.07 Å². The molecule has 1 N–H and O–H groups in total. The van der Waals surface area contributed by atoms with Gasteiger partial charge in [0.1, 0.15) is 0 Å². The first-order valence-corrected chi connectivity index (χ1v) is 5.94. The summed E-state index contributed by atoms with van der Waals surface area (Å²) in [5, 5.41) is 10.0. The van der Waals surface area contributed by atoms with Gasteiger partial charge >= 0.3 is 81.7 Å². The SMILES string of the molecule is O=[Se]CC1Cc2c(O)cccc2O1. The second-order valence-corrected chi connectivity index (χ2v) is 4.18. The topological polar surface area (TPSA) is 46.5 Å². The molecular formula is C9H9O3Se. The van der Waals surface area contributed by atoms with E-state index in [1.165, 1.54) is 0 Å². The molecule has 13 heavy (non-hydrogen) atoms. The predicted octanol–water partition coefficient (Wildman–Crippen LogP) is 1.16. The molecule has 4 heteroatoms. The third kappa shape index (κ3) is 1.60. The Morgan fingerprint density at radius 1 is 1.62 bits per heavy atom. The van der Waals surface area contributed by atoms with Gasteiger partial charge in [0.05, 0.1) is 0 Å². The van der Waals surface area contributed by atoms with Gasteiger partial charge in [-0.25, -0.2) is 0 Å². The normalized spacial score (nSPS) is 19.2. The maximum atomic E-state index is 10.4. The van der Waals surface area contributed by atoms with Crippen molar-refractivity contribution in [3.63, 3.8) is 0 Å². The molecule has 1 atom stereocenters. The molecule has 1 radical (unpaired) electrons. The molecule has 0 spiro atoms. The number of hydrogen-bond acceptors (Lipinski definition) is 3. The first kappa shape index (κ1) is 8.73. The molecule has 1 unspecified atom stereocenters. The van der Waals surface area contributed by atoms with E-state index < -0.39 is 14.9 Å². The summed E-state index contributed by atoms with van der Waals surface area (Å²) in [6.07, 6.45) is 0.659. The van der Waals surface area contributed by atoms with E-state index in [9.17, 15) is 8.94 Å². The average molecular weight is 244 g/mol. The van der Waals surface area contributed by atoms with Crippen LogP contribution in [0.25, 0.3) is 0 Å². The summed E-state index contributed by atoms with van der Waals surface area (Å²) in [6.45, 7) is 0. The van der Waals surface area contributed by atoms with Crippen LogP contribution in [0.2, 0.25) is 5.32 Å². The van der Waals surface area contributed by atoms with Gasteiger partial charge in [0.15, 0.2) is 0 Å². The Kier molecular flexibility index (Phi) is 2.34. The summed E-state index contributed by atoms with van der Waals surface area (Å²) in [7, 11) is 0. The Bertz CT molecular complexity index is 338. The summed E-state index contributed by atoms with van der Waals surface area (Å²) >= 11 is -0.609. The molecule has 0 bridgehead atoms. The Hall–Kier alpha value is -0.861. The third-order valence-electron chi connectivity index (χ3n) is 2.09. The molecule has 2 rings (SSSR count). The van der Waals surface area contributed by atoms with Crippen molar-refractivity contribution in [2.24, 2.45) is 0 Å². The van der Waals surface area contributed by atoms with Crippen molar-refractivity contribution in [3.05, 3.63) is 23.8 Å². The van der Waals surface area contributed by atoms with E-state index in [-0.39, 0.29) is 11.9 Å². The van der Waals surface area contributed by atoms with Crippen LogP contribution in [0, 0.1) is 0 Å². The van der Waals surface area contributed by atoms with Gasteiger partial charge in [0, 0.05) is 0 Å². The average Bonchev–Trinajstić information content (AvgIpc) is 2.49. The van der Waals surface area contributed by atoms with Gasteiger partial charge in [-0.15, -0.1) is 0 Å². The van der Waals surface area contributed by atoms with Crippen molar-refractivity contribution in [3.8, 4) is 11.5 Å². The Morgan fingerprint density at radius 2 is 2.46 bits per heavy atom. The van der Waals surface area contributed by atoms with E-state index in [0.717, 1.165) is 11.3 Å². The zero-order chi connectivity index (χ0) is 9.26. The Balaban J connectivity index is 2.24. The second kappa shape index (κ2) is 3.48. The molecule has 1 aromatic rings. The number of benzene rings is 1. The van der Waals surface area contributed by atoms with Gasteiger partial charge in [0.2, 0.25) is 0 Å². The van der Waals surface area contributed by atoms with Crippen LogP contribution in [0.3, 0.4) is 0 Å². The van der Waals surface area contributed by atoms with E-state index in [1.54, 1.807) is 12.1 Å². The Labute approximate surface area is 82.1 Å². The summed E-state index contributed by atoms with van der Waals surface area (Å²) in [6, 6.07) is 5.22. The minimum absolute atomic E-state index is 0.0131. The molecular weight excluding hydrogens is 235 g/mol. The van der Waals surface area contributed by atoms with Crippen molar-refractivity contribution in [1.29, 1.82) is 0 Å². The summed E-state index contributed by atoms with van der Waals surface area (Å²) in [5.41, 5.74) is 0.844. The Morgan fingerprint density at radius 3 is 3.15 bits per heavy atom. The molecule has 0 aliphatic carbocycles. The molecule has 1 aliphatic heterocycles. The van der Waals surface area contributed by atoms with Crippen molar-refractivity contribution in [1.82, 2.24) is 0 Å². The molecule has 0 saturated carbocycles. The zero-order valence-electron chi connectivity index (χ0n) is 6.90. The third-order valence-corrected chi connectivity index (χ3v) is 3.15. The van der Waals surface area contributed by atoms with Gasteiger partial charge in [-0.05, 0) is 0 Å². The number of fused-ring (bicyclic) bond motifs is 1. The molecule has 0 aromatic heterocycles. The maximum absolute atomic E-state index is 10.4. The van der Waals surface area contributed by atoms with Gasteiger partial charge in [-0.2, -0.15) is 0 Å². The number of ether oxygens (including phenoxy) is 1. The van der Waals surface area contributed by atoms with Crippen LogP contribution in [0.4, 0.5) is 0 Å². The van der Waals surface area contributed by atoms with Gasteiger partial charge in [-0.1, -0.05) is 0 Å². The van der Waals surface area contributed by atoms with E-state index in [2.05, 4.69) is 0 Å². The van der Waals surface area contributed by atoms with E-state index in [0.29, 0.717) is 11.7 Å². The van der Waals surface area contributed by atoms with Crippen molar-refractivity contribution in [2.45, 2.75) is 17.8 Å². The van der Waals surface area contributed by atoms with E-state index >= 15 is 0 Å². The summed E-state index contributed by atoms with van der Waals surface area (Å²) in [4.78, 5) is 0. The van der Waals surface area contributed by atoms with Crippen molar-refractivity contribution >= 4 is 14.9 Å². The number of rotatable bonds is 2. The predicted molar refractivity (Wildman–Crippen MR) is 47.5 cm³/mol. The first-order chi connectivity index (χ1) is 6.31. The molecule has 1 aliphatic rings. The molecule has 69 valence electrons. The monoisotopic (exact) mass is 245 g/mol. The van der Waals surface area contributed by atoms with Crippen LogP contribution in [-0.4, -0.2) is 26.1 Å². The van der Waals surface area contributed by atoms with Crippen LogP contribution in [-0.2, 0) is 10.3 Å². The zero-order valence-corrected chi connectivity index (χ0v) is 8.61. The number of hydrogen-bond donors (Lipinski definition) is 1. The molecule has 0 fully saturated rings. The number of aromatic hydroxyl groups is 1. The number of phenols is 1. The van der Waals surface area contributed by atoms with Crippen molar-refractivity contribution in [2.75, 3.05) is 0 Å². The van der Waals surface area contributed by atoms with Gasteiger partial charge < -0.3 is 0 Å². The molecule has 3 nitrogen and oxygen atoms in total. The van der Waals surface area contributed by atoms with Crippen LogP contribution >= 0.6 is 0 Å². The van der Waals surface area contributed by atoms with Crippen molar-refractivity contribution < 1.29 is 13.7 Å². The molecule has 0 saturated heterocycles. The quantitative estimate of drug-likeness (QED) is 0.794. The fourth-order valence-corrected chi connectivity index (χ4v) is 2.20. The molecule has 1 aromatic carbocycles. The summed E-state index contributed by atoms with van der Waals surface area (Å²) < 4.78 is 15.9. The van der Waals surface area contributed by atoms with Gasteiger partial charge in [0.25, 0.3) is 0 Å². The van der Waals surface area contributed by atoms with E-state index in [4.69, 9.17) is 4.74 Å². The van der Waals surface area contributed by atoms with Crippen LogP contribution in [0.5, 0.6) is 11.5 Å². The van der Waals surface area contributed by atoms with Gasteiger partial charge in [-0.3, -0.25) is 0 Å². The second-order valence-electron chi connectivity index (χ2n) is 2.98. The number of phenolic OH excluding ortho intramolecular Hbond substituents is 1. The standard InChI is InChI=1S/C9H9O3Se/c10-8-2-1-3-9-7(8)4-6(12-9)5-13-11/h1-3,6,10H,4-5H2. The fourth-order valence-electron chi connectivity index (χ4n) is 1.49. The van der Waals surface area contributed by atoms with Crippen LogP contribution in [0.15, 0.2) is 18.2 Å². The first-order valence-electron chi connectivity index (χ1n) is 4.03. The van der Waals surface area contributed by atoms with Crippen LogP contribution in [0.1, 0.15) is 5.56 Å². The van der Waals surface area contributed by atoms with Crippen LogP contribution < -0.4 is 4.74 Å². The molecule has 0 amide bonds. The minimum atomic E-state index is -0.609. The molecule has 1 heterocycles. The fraction of sp³-hybridized carbons (Fsp3) is 0.333.